The normalized spacial score (nSPS) is 23.3. The van der Waals surface area contributed by atoms with Gasteiger partial charge in [-0.1, -0.05) is 31.0 Å². The summed E-state index contributed by atoms with van der Waals surface area (Å²) in [5.74, 6) is -0.157. The van der Waals surface area contributed by atoms with E-state index in [0.29, 0.717) is 25.6 Å². The van der Waals surface area contributed by atoms with Crippen LogP contribution in [0.15, 0.2) is 24.3 Å². The molecule has 5 heteroatoms. The number of hydrogen-bond donors (Lipinski definition) is 1. The van der Waals surface area contributed by atoms with Crippen molar-refractivity contribution in [2.45, 2.75) is 63.5 Å². The summed E-state index contributed by atoms with van der Waals surface area (Å²) in [5, 5.41) is 3.08. The van der Waals surface area contributed by atoms with E-state index in [2.05, 4.69) is 24.1 Å². The third-order valence-electron chi connectivity index (χ3n) is 5.94. The standard InChI is InChI=1S/C21H31FN2O2/c1-16(2)24-11-12-26-17(14-24)13-20(25)23-15-21(9-5-6-10-21)18-7-3-4-8-19(18)22/h3-4,7-8,16-17H,5-6,9-15H2,1-2H3,(H,23,25)/t17-/m0/s1. The molecule has 0 bridgehead atoms. The molecule has 1 heterocycles. The van der Waals surface area contributed by atoms with Crippen LogP contribution in [0.1, 0.15) is 51.5 Å². The molecule has 1 aliphatic heterocycles. The Bertz CT molecular complexity index is 614. The van der Waals surface area contributed by atoms with Crippen molar-refractivity contribution in [3.63, 3.8) is 0 Å². The van der Waals surface area contributed by atoms with Gasteiger partial charge in [0.05, 0.1) is 19.1 Å². The van der Waals surface area contributed by atoms with Crippen LogP contribution in [0.5, 0.6) is 0 Å². The number of nitrogens with zero attached hydrogens (tertiary/aromatic N) is 1. The number of hydrogen-bond acceptors (Lipinski definition) is 3. The maximum Gasteiger partial charge on any atom is 0.222 e. The van der Waals surface area contributed by atoms with Crippen LogP contribution in [0.25, 0.3) is 0 Å². The maximum atomic E-state index is 14.4. The van der Waals surface area contributed by atoms with Gasteiger partial charge in [-0.3, -0.25) is 9.69 Å². The first kappa shape index (κ1) is 19.3. The quantitative estimate of drug-likeness (QED) is 0.845. The molecule has 1 saturated heterocycles. The smallest absolute Gasteiger partial charge is 0.222 e. The number of amides is 1. The summed E-state index contributed by atoms with van der Waals surface area (Å²) in [6.07, 6.45) is 4.33. The Morgan fingerprint density at radius 2 is 2.08 bits per heavy atom. The van der Waals surface area contributed by atoms with Gasteiger partial charge in [0.2, 0.25) is 5.91 Å². The van der Waals surface area contributed by atoms with Gasteiger partial charge >= 0.3 is 0 Å². The van der Waals surface area contributed by atoms with Crippen molar-refractivity contribution in [2.24, 2.45) is 0 Å². The average Bonchev–Trinajstić information content (AvgIpc) is 3.10. The lowest BCUT2D eigenvalue weighted by atomic mass is 9.78. The Morgan fingerprint density at radius 3 is 2.77 bits per heavy atom. The number of carbonyl (C=O) groups is 1. The second kappa shape index (κ2) is 8.49. The van der Waals surface area contributed by atoms with Crippen LogP contribution < -0.4 is 5.32 Å². The molecule has 0 unspecified atom stereocenters. The van der Waals surface area contributed by atoms with E-state index in [0.717, 1.165) is 44.3 Å². The van der Waals surface area contributed by atoms with Gasteiger partial charge in [-0.15, -0.1) is 0 Å². The van der Waals surface area contributed by atoms with Crippen molar-refractivity contribution < 1.29 is 13.9 Å². The van der Waals surface area contributed by atoms with Gasteiger partial charge < -0.3 is 10.1 Å². The van der Waals surface area contributed by atoms with Crippen LogP contribution >= 0.6 is 0 Å². The van der Waals surface area contributed by atoms with Gasteiger partial charge in [0.25, 0.3) is 0 Å². The zero-order chi connectivity index (χ0) is 18.6. The molecular formula is C21H31FN2O2. The molecule has 1 N–H and O–H groups in total. The Labute approximate surface area is 156 Å². The molecule has 2 fully saturated rings. The van der Waals surface area contributed by atoms with E-state index in [4.69, 9.17) is 4.74 Å². The highest BCUT2D eigenvalue weighted by atomic mass is 19.1. The van der Waals surface area contributed by atoms with Gasteiger partial charge in [0.1, 0.15) is 5.82 Å². The molecule has 0 aromatic heterocycles. The van der Waals surface area contributed by atoms with E-state index in [1.165, 1.54) is 6.07 Å². The lowest BCUT2D eigenvalue weighted by Gasteiger charge is -2.35. The summed E-state index contributed by atoms with van der Waals surface area (Å²) < 4.78 is 20.1. The topological polar surface area (TPSA) is 41.6 Å². The van der Waals surface area contributed by atoms with E-state index in [-0.39, 0.29) is 23.2 Å². The van der Waals surface area contributed by atoms with Crippen LogP contribution in [0.2, 0.25) is 0 Å². The summed E-state index contributed by atoms with van der Waals surface area (Å²) in [5.41, 5.74) is 0.482. The number of carbonyl (C=O) groups excluding carboxylic acids is 1. The largest absolute Gasteiger partial charge is 0.375 e. The third kappa shape index (κ3) is 4.44. The van der Waals surface area contributed by atoms with Crippen molar-refractivity contribution in [3.05, 3.63) is 35.6 Å². The van der Waals surface area contributed by atoms with E-state index in [1.807, 2.05) is 12.1 Å². The molecular weight excluding hydrogens is 331 g/mol. The SMILES string of the molecule is CC(C)N1CCO[C@@H](CC(=O)NCC2(c3ccccc3F)CCCC2)C1. The second-order valence-electron chi connectivity index (χ2n) is 8.03. The van der Waals surface area contributed by atoms with Crippen LogP contribution in [0.3, 0.4) is 0 Å². The van der Waals surface area contributed by atoms with E-state index in [9.17, 15) is 9.18 Å². The van der Waals surface area contributed by atoms with E-state index in [1.54, 1.807) is 6.07 Å². The molecule has 1 amide bonds. The van der Waals surface area contributed by atoms with Crippen molar-refractivity contribution in [1.82, 2.24) is 10.2 Å². The number of halogens is 1. The second-order valence-corrected chi connectivity index (χ2v) is 8.03. The molecule has 1 saturated carbocycles. The summed E-state index contributed by atoms with van der Waals surface area (Å²) in [6.45, 7) is 7.24. The Morgan fingerprint density at radius 1 is 1.35 bits per heavy atom. The highest BCUT2D eigenvalue weighted by Crippen LogP contribution is 2.41. The maximum absolute atomic E-state index is 14.4. The monoisotopic (exact) mass is 362 g/mol. The highest BCUT2D eigenvalue weighted by Gasteiger charge is 2.38. The summed E-state index contributed by atoms with van der Waals surface area (Å²) >= 11 is 0. The summed E-state index contributed by atoms with van der Waals surface area (Å²) in [7, 11) is 0. The Balaban J connectivity index is 1.58. The number of rotatable bonds is 6. The first-order valence-corrected chi connectivity index (χ1v) is 9.87. The van der Waals surface area contributed by atoms with E-state index < -0.39 is 0 Å². The first-order chi connectivity index (χ1) is 12.5. The summed E-state index contributed by atoms with van der Waals surface area (Å²) in [4.78, 5) is 14.8. The number of morpholine rings is 1. The molecule has 26 heavy (non-hydrogen) atoms. The number of benzene rings is 1. The fourth-order valence-electron chi connectivity index (χ4n) is 4.37. The zero-order valence-electron chi connectivity index (χ0n) is 16.0. The van der Waals surface area contributed by atoms with Crippen LogP contribution in [-0.2, 0) is 14.9 Å². The van der Waals surface area contributed by atoms with E-state index >= 15 is 0 Å². The fourth-order valence-corrected chi connectivity index (χ4v) is 4.37. The molecule has 3 rings (SSSR count). The lowest BCUT2D eigenvalue weighted by molar-refractivity contribution is -0.126. The predicted octanol–water partition coefficient (Wildman–Crippen LogP) is 3.25. The average molecular weight is 362 g/mol. The fraction of sp³-hybridized carbons (Fsp3) is 0.667. The minimum atomic E-state index is -0.265. The van der Waals surface area contributed by atoms with Crippen LogP contribution in [0.4, 0.5) is 4.39 Å². The van der Waals surface area contributed by atoms with Gasteiger partial charge in [-0.2, -0.15) is 0 Å². The summed E-state index contributed by atoms with van der Waals surface area (Å²) in [6, 6.07) is 7.47. The minimum absolute atomic E-state index is 0.00298. The van der Waals surface area contributed by atoms with Crippen molar-refractivity contribution in [3.8, 4) is 0 Å². The van der Waals surface area contributed by atoms with Gasteiger partial charge in [-0.25, -0.2) is 4.39 Å². The van der Waals surface area contributed by atoms with Crippen LogP contribution in [-0.4, -0.2) is 49.2 Å². The third-order valence-corrected chi connectivity index (χ3v) is 5.94. The predicted molar refractivity (Wildman–Crippen MR) is 101 cm³/mol. The number of nitrogens with one attached hydrogen (secondary N) is 1. The molecule has 4 nitrogen and oxygen atoms in total. The zero-order valence-corrected chi connectivity index (χ0v) is 16.0. The molecule has 2 aliphatic rings. The Hall–Kier alpha value is -1.46. The Kier molecular flexibility index (Phi) is 6.30. The molecule has 0 spiro atoms. The van der Waals surface area contributed by atoms with Crippen molar-refractivity contribution >= 4 is 5.91 Å². The molecule has 0 radical (unpaired) electrons. The minimum Gasteiger partial charge on any atom is -0.375 e. The molecule has 144 valence electrons. The van der Waals surface area contributed by atoms with Crippen LogP contribution in [0, 0.1) is 5.82 Å². The first-order valence-electron chi connectivity index (χ1n) is 9.87. The van der Waals surface area contributed by atoms with Gasteiger partial charge in [0.15, 0.2) is 0 Å². The van der Waals surface area contributed by atoms with Crippen molar-refractivity contribution in [1.29, 1.82) is 0 Å². The molecule has 1 atom stereocenters. The number of ether oxygens (including phenoxy) is 1. The molecule has 1 aromatic rings. The molecule has 1 aliphatic carbocycles. The van der Waals surface area contributed by atoms with Gasteiger partial charge in [0, 0.05) is 31.1 Å². The van der Waals surface area contributed by atoms with Gasteiger partial charge in [-0.05, 0) is 38.3 Å². The molecule has 1 aromatic carbocycles. The van der Waals surface area contributed by atoms with Crippen molar-refractivity contribution in [2.75, 3.05) is 26.2 Å². The lowest BCUT2D eigenvalue weighted by Crippen LogP contribution is -2.48. The highest BCUT2D eigenvalue weighted by molar-refractivity contribution is 5.76.